The molecule has 0 saturated carbocycles. The van der Waals surface area contributed by atoms with Crippen molar-refractivity contribution < 1.29 is 15.1 Å². The van der Waals surface area contributed by atoms with Crippen LogP contribution in [-0.2, 0) is 40.8 Å². The number of halogens is 2. The molecule has 3 aromatic heterocycles. The molecule has 6 aromatic rings. The SMILES string of the molecule is CC(C)Cc1nnc(-c2cccc(-c3nnc(CC(C)C)c(CC(C)C)n3)n2)nc1CC(C)C.[Cl][Ru][Cl].c1ccc(P(c2ccccc2)c2ccccc2)cc1. The molecule has 296 valence electrons. The normalized spacial score (nSPS) is 11.2. The number of benzene rings is 3. The molecular weight excluding hydrogens is 841 g/mol. The molecule has 6 rings (SSSR count). The smallest absolute Gasteiger partial charge is 0.0134 e. The Morgan fingerprint density at radius 1 is 0.411 bits per heavy atom. The largest absolute Gasteiger partial charge is 0.0622 e. The zero-order valence-electron chi connectivity index (χ0n) is 33.7. The fourth-order valence-electron chi connectivity index (χ4n) is 6.03. The summed E-state index contributed by atoms with van der Waals surface area (Å²) in [5, 5.41) is 22.1. The fraction of sp³-hybridized carbons (Fsp3) is 0.356. The molecule has 0 aliphatic heterocycles. The predicted octanol–water partition coefficient (Wildman–Crippen LogP) is 10.4. The number of hydrogen-bond donors (Lipinski definition) is 0. The first-order chi connectivity index (χ1) is 27.0. The molecule has 0 atom stereocenters. The molecule has 56 heavy (non-hydrogen) atoms. The number of aromatic nitrogens is 7. The maximum atomic E-state index is 4.88. The second-order valence-electron chi connectivity index (χ2n) is 15.3. The van der Waals surface area contributed by atoms with E-state index in [0.717, 1.165) is 48.5 Å². The molecule has 0 spiro atoms. The van der Waals surface area contributed by atoms with Gasteiger partial charge in [-0.15, -0.1) is 10.2 Å². The summed E-state index contributed by atoms with van der Waals surface area (Å²) in [4.78, 5) is 14.6. The Hall–Kier alpha value is -3.54. The first-order valence-electron chi connectivity index (χ1n) is 19.2. The van der Waals surface area contributed by atoms with Crippen molar-refractivity contribution in [2.75, 3.05) is 0 Å². The molecule has 0 fully saturated rings. The van der Waals surface area contributed by atoms with Gasteiger partial charge in [-0.3, -0.25) is 0 Å². The molecule has 0 aliphatic rings. The van der Waals surface area contributed by atoms with Gasteiger partial charge in [0.05, 0.1) is 22.8 Å². The predicted molar refractivity (Wildman–Crippen MR) is 233 cm³/mol. The Balaban J connectivity index is 0.000000265. The zero-order chi connectivity index (χ0) is 40.5. The molecule has 3 aromatic carbocycles. The van der Waals surface area contributed by atoms with Crippen LogP contribution >= 0.6 is 27.3 Å². The van der Waals surface area contributed by atoms with Crippen LogP contribution in [0.4, 0.5) is 0 Å². The molecule has 0 bridgehead atoms. The second kappa shape index (κ2) is 23.6. The molecule has 0 radical (unpaired) electrons. The van der Waals surface area contributed by atoms with Crippen molar-refractivity contribution in [3.63, 3.8) is 0 Å². The number of rotatable bonds is 13. The van der Waals surface area contributed by atoms with Crippen molar-refractivity contribution >= 4 is 43.2 Å². The van der Waals surface area contributed by atoms with E-state index in [-0.39, 0.29) is 15.1 Å². The minimum Gasteiger partial charge on any atom is -0.0622 e. The summed E-state index contributed by atoms with van der Waals surface area (Å²) >= 11 is -0.346. The number of nitrogens with zero attached hydrogens (tertiary/aromatic N) is 7. The molecular formula is C45H54Cl2N7PRu. The van der Waals surface area contributed by atoms with E-state index in [1.165, 1.54) is 15.9 Å². The van der Waals surface area contributed by atoms with Crippen molar-refractivity contribution in [2.45, 2.75) is 81.1 Å². The maximum absolute atomic E-state index is 4.88. The summed E-state index contributed by atoms with van der Waals surface area (Å²) in [6.45, 7) is 17.5. The zero-order valence-corrected chi connectivity index (χ0v) is 37.9. The van der Waals surface area contributed by atoms with E-state index < -0.39 is 7.92 Å². The Morgan fingerprint density at radius 2 is 0.714 bits per heavy atom. The Morgan fingerprint density at radius 3 is 1.02 bits per heavy atom. The van der Waals surface area contributed by atoms with E-state index in [4.69, 9.17) is 34.3 Å². The Bertz CT molecular complexity index is 1860. The van der Waals surface area contributed by atoms with E-state index in [2.05, 4.69) is 167 Å². The molecule has 11 heteroatoms. The van der Waals surface area contributed by atoms with E-state index in [9.17, 15) is 0 Å². The molecule has 3 heterocycles. The minimum absolute atomic E-state index is 0.346. The number of pyridine rings is 1. The summed E-state index contributed by atoms with van der Waals surface area (Å²) in [6, 6.07) is 38.1. The summed E-state index contributed by atoms with van der Waals surface area (Å²) in [7, 11) is 9.26. The third-order valence-corrected chi connectivity index (χ3v) is 10.8. The van der Waals surface area contributed by atoms with Crippen LogP contribution < -0.4 is 15.9 Å². The van der Waals surface area contributed by atoms with Crippen molar-refractivity contribution in [2.24, 2.45) is 23.7 Å². The van der Waals surface area contributed by atoms with E-state index in [1.807, 2.05) is 18.2 Å². The molecule has 0 saturated heterocycles. The van der Waals surface area contributed by atoms with Gasteiger partial charge in [0, 0.05) is 0 Å². The topological polar surface area (TPSA) is 90.2 Å². The van der Waals surface area contributed by atoms with Crippen molar-refractivity contribution in [3.8, 4) is 23.0 Å². The minimum atomic E-state index is -0.446. The average Bonchev–Trinajstić information content (AvgIpc) is 3.17. The van der Waals surface area contributed by atoms with Gasteiger partial charge >= 0.3 is 34.5 Å². The van der Waals surface area contributed by atoms with Gasteiger partial charge in [0.1, 0.15) is 11.4 Å². The van der Waals surface area contributed by atoms with Crippen LogP contribution in [-0.4, -0.2) is 35.3 Å². The van der Waals surface area contributed by atoms with E-state index in [1.54, 1.807) is 0 Å². The third kappa shape index (κ3) is 14.4. The summed E-state index contributed by atoms with van der Waals surface area (Å²) in [5.41, 5.74) is 5.33. The molecule has 0 unspecified atom stereocenters. The molecule has 0 amide bonds. The quantitative estimate of drug-likeness (QED) is 0.0843. The standard InChI is InChI=1S/C27H39N7.C18H15P.2ClH.Ru/c1-16(2)12-22-24(14-18(5)6)31-33-26(29-22)20-10-9-11-21(28-20)27-30-23(13-17(3)4)25(32-34-27)15-19(7)8;1-4-10-16(11-5-1)19(17-12-6-2-7-13-17)18-14-8-3-9-15-18;;;/h9-11,16-19H,12-15H2,1-8H3;1-15H;2*1H;/q;;;;+2/p-2. The Kier molecular flexibility index (Phi) is 19.1. The van der Waals surface area contributed by atoms with Gasteiger partial charge < -0.3 is 0 Å². The van der Waals surface area contributed by atoms with Crippen LogP contribution in [0.5, 0.6) is 0 Å². The monoisotopic (exact) mass is 895 g/mol. The van der Waals surface area contributed by atoms with Crippen LogP contribution in [0.25, 0.3) is 23.0 Å². The summed E-state index contributed by atoms with van der Waals surface area (Å²) in [6.07, 6.45) is 3.48. The molecule has 7 nitrogen and oxygen atoms in total. The second-order valence-corrected chi connectivity index (χ2v) is 20.1. The van der Waals surface area contributed by atoms with Crippen LogP contribution in [0.1, 0.15) is 78.2 Å². The van der Waals surface area contributed by atoms with Crippen LogP contribution in [0.2, 0.25) is 0 Å². The summed E-state index contributed by atoms with van der Waals surface area (Å²) < 4.78 is 0. The van der Waals surface area contributed by atoms with Gasteiger partial charge in [-0.05, 0) is 85.3 Å². The molecule has 0 aliphatic carbocycles. The van der Waals surface area contributed by atoms with Crippen molar-refractivity contribution in [1.82, 2.24) is 35.3 Å². The van der Waals surface area contributed by atoms with Gasteiger partial charge in [0.25, 0.3) is 0 Å². The van der Waals surface area contributed by atoms with Crippen molar-refractivity contribution in [1.29, 1.82) is 0 Å². The van der Waals surface area contributed by atoms with Gasteiger partial charge in [-0.25, -0.2) is 15.0 Å². The Labute approximate surface area is 351 Å². The van der Waals surface area contributed by atoms with Crippen LogP contribution in [0.15, 0.2) is 109 Å². The molecule has 0 N–H and O–H groups in total. The fourth-order valence-corrected chi connectivity index (χ4v) is 8.34. The summed E-state index contributed by atoms with van der Waals surface area (Å²) in [5.74, 6) is 3.04. The first-order valence-corrected chi connectivity index (χ1v) is 25.0. The first kappa shape index (κ1) is 45.2. The van der Waals surface area contributed by atoms with Gasteiger partial charge in [0.15, 0.2) is 0 Å². The maximum Gasteiger partial charge on any atom is -0.0134 e. The average molecular weight is 896 g/mol. The van der Waals surface area contributed by atoms with Crippen LogP contribution in [0.3, 0.4) is 0 Å². The van der Waals surface area contributed by atoms with Gasteiger partial charge in [-0.2, -0.15) is 10.2 Å². The third-order valence-electron chi connectivity index (χ3n) is 8.34. The van der Waals surface area contributed by atoms with Gasteiger partial charge in [-0.1, -0.05) is 152 Å². The van der Waals surface area contributed by atoms with E-state index in [0.29, 0.717) is 46.7 Å². The van der Waals surface area contributed by atoms with Crippen molar-refractivity contribution in [3.05, 3.63) is 132 Å². The number of hydrogen-bond acceptors (Lipinski definition) is 7. The van der Waals surface area contributed by atoms with Gasteiger partial charge in [0.2, 0.25) is 11.6 Å². The van der Waals surface area contributed by atoms with Crippen LogP contribution in [0, 0.1) is 23.7 Å². The van der Waals surface area contributed by atoms with E-state index >= 15 is 0 Å².